The van der Waals surface area contributed by atoms with Crippen LogP contribution in [0.5, 0.6) is 5.75 Å². The highest BCUT2D eigenvalue weighted by Crippen LogP contribution is 2.36. The number of benzene rings is 2. The summed E-state index contributed by atoms with van der Waals surface area (Å²) in [5.74, 6) is -0.0763. The van der Waals surface area contributed by atoms with Gasteiger partial charge in [-0.25, -0.2) is 18.1 Å². The Labute approximate surface area is 270 Å². The maximum atomic E-state index is 15.5. The molecule has 2 amide bonds. The summed E-state index contributed by atoms with van der Waals surface area (Å²) in [5, 5.41) is 7.58. The number of aromatic nitrogens is 3. The van der Waals surface area contributed by atoms with E-state index < -0.39 is 23.7 Å². The van der Waals surface area contributed by atoms with Crippen LogP contribution in [0.3, 0.4) is 0 Å². The number of piperidine rings is 1. The van der Waals surface area contributed by atoms with Gasteiger partial charge in [-0.15, -0.1) is 5.10 Å². The molecule has 0 bridgehead atoms. The lowest BCUT2D eigenvalue weighted by Gasteiger charge is -2.29. The summed E-state index contributed by atoms with van der Waals surface area (Å²) < 4.78 is 42.5. The van der Waals surface area contributed by atoms with E-state index in [0.717, 1.165) is 43.6 Å². The molecule has 2 aromatic carbocycles. The summed E-state index contributed by atoms with van der Waals surface area (Å²) >= 11 is 1.35. The van der Waals surface area contributed by atoms with Gasteiger partial charge >= 0.3 is 6.09 Å². The van der Waals surface area contributed by atoms with Gasteiger partial charge in [0, 0.05) is 32.2 Å². The summed E-state index contributed by atoms with van der Waals surface area (Å²) in [7, 11) is 1.51. The number of carbonyl (C=O) groups excluding carboxylic acids is 2. The maximum absolute atomic E-state index is 15.5. The van der Waals surface area contributed by atoms with Crippen molar-refractivity contribution in [3.63, 3.8) is 0 Å². The van der Waals surface area contributed by atoms with Crippen molar-refractivity contribution in [2.45, 2.75) is 70.7 Å². The van der Waals surface area contributed by atoms with Crippen molar-refractivity contribution >= 4 is 38.5 Å². The number of thiazole rings is 1. The van der Waals surface area contributed by atoms with Crippen molar-refractivity contribution in [3.8, 4) is 17.1 Å². The Morgan fingerprint density at radius 2 is 1.89 bits per heavy atom. The lowest BCUT2D eigenvalue weighted by atomic mass is 10.0. The first kappa shape index (κ1) is 32.1. The smallest absolute Gasteiger partial charge is 0.410 e. The minimum Gasteiger partial charge on any atom is -0.496 e. The molecule has 1 unspecified atom stereocenters. The van der Waals surface area contributed by atoms with Crippen LogP contribution in [-0.4, -0.2) is 88.0 Å². The molecular weight excluding hydrogens is 614 g/mol. The number of hydrogen-bond donors (Lipinski definition) is 1. The van der Waals surface area contributed by atoms with Crippen molar-refractivity contribution in [3.05, 3.63) is 47.3 Å². The highest BCUT2D eigenvalue weighted by atomic mass is 32.1. The molecule has 46 heavy (non-hydrogen) atoms. The zero-order valence-electron chi connectivity index (χ0n) is 26.6. The van der Waals surface area contributed by atoms with Gasteiger partial charge in [0.25, 0.3) is 5.91 Å². The van der Waals surface area contributed by atoms with Crippen LogP contribution in [0.2, 0.25) is 0 Å². The van der Waals surface area contributed by atoms with Crippen LogP contribution in [0.4, 0.5) is 13.6 Å². The van der Waals surface area contributed by atoms with Gasteiger partial charge in [0.2, 0.25) is 4.96 Å². The van der Waals surface area contributed by atoms with Crippen LogP contribution in [-0.2, 0) is 4.74 Å². The number of alkyl halides is 1. The first-order chi connectivity index (χ1) is 22.0. The Balaban J connectivity index is 1.16. The molecule has 246 valence electrons. The lowest BCUT2D eigenvalue weighted by molar-refractivity contribution is 0.0224. The Hall–Kier alpha value is -3.84. The molecule has 6 rings (SSSR count). The van der Waals surface area contributed by atoms with Gasteiger partial charge in [0.05, 0.1) is 34.5 Å². The molecule has 2 aliphatic rings. The predicted octanol–water partition coefficient (Wildman–Crippen LogP) is 6.38. The molecule has 0 radical (unpaired) electrons. The molecule has 4 aromatic rings. The van der Waals surface area contributed by atoms with Gasteiger partial charge in [-0.05, 0) is 83.2 Å². The molecule has 2 aromatic heterocycles. The number of amides is 2. The molecule has 2 saturated heterocycles. The van der Waals surface area contributed by atoms with E-state index in [4.69, 9.17) is 9.47 Å². The minimum atomic E-state index is -0.699. The third-order valence-electron chi connectivity index (χ3n) is 8.49. The molecule has 0 aliphatic carbocycles. The van der Waals surface area contributed by atoms with E-state index >= 15 is 4.39 Å². The normalized spacial score (nSPS) is 18.0. The number of fused-ring (bicyclic) bond motifs is 3. The van der Waals surface area contributed by atoms with Gasteiger partial charge in [-0.1, -0.05) is 17.4 Å². The number of halogens is 2. The fourth-order valence-corrected chi connectivity index (χ4v) is 7.15. The third kappa shape index (κ3) is 6.80. The quantitative estimate of drug-likeness (QED) is 0.220. The monoisotopic (exact) mass is 654 g/mol. The number of rotatable bonds is 8. The average molecular weight is 655 g/mol. The van der Waals surface area contributed by atoms with E-state index in [9.17, 15) is 14.0 Å². The van der Waals surface area contributed by atoms with E-state index in [2.05, 4.69) is 20.3 Å². The number of carbonyl (C=O) groups is 2. The second-order valence-corrected chi connectivity index (χ2v) is 14.0. The van der Waals surface area contributed by atoms with Gasteiger partial charge in [-0.3, -0.25) is 4.79 Å². The molecule has 2 fully saturated rings. The van der Waals surface area contributed by atoms with Crippen LogP contribution >= 0.6 is 11.3 Å². The first-order valence-electron chi connectivity index (χ1n) is 15.8. The number of nitrogens with zero attached hydrogens (tertiary/aromatic N) is 5. The van der Waals surface area contributed by atoms with E-state index in [-0.39, 0.29) is 23.3 Å². The van der Waals surface area contributed by atoms with E-state index in [1.807, 2.05) is 26.8 Å². The number of likely N-dealkylation sites (tertiary alicyclic amines) is 2. The standard InChI is InChI=1S/C33H40F2N6O4S/c1-33(2,3)45-32(43)40-14-5-7-25(40)20-8-9-22(24(35)17-20)29-37-31-41(38-29)26-19-27(44-4)23(18-28(26)46-31)30(42)36-12-6-13-39-15-10-21(34)11-16-39/h8-9,17-19,21,25H,5-7,10-16H2,1-4H3,(H,36,42). The number of methoxy groups -OCH3 is 1. The Bertz CT molecular complexity index is 1740. The van der Waals surface area contributed by atoms with Crippen molar-refractivity contribution in [2.75, 3.05) is 39.8 Å². The summed E-state index contributed by atoms with van der Waals surface area (Å²) in [6.07, 6.45) is 2.36. The summed E-state index contributed by atoms with van der Waals surface area (Å²) in [6.45, 7) is 8.85. The zero-order valence-corrected chi connectivity index (χ0v) is 27.5. The van der Waals surface area contributed by atoms with Crippen molar-refractivity contribution in [1.82, 2.24) is 29.7 Å². The summed E-state index contributed by atoms with van der Waals surface area (Å²) in [5.41, 5.74) is 1.45. The molecule has 2 aliphatic heterocycles. The second kappa shape index (κ2) is 13.1. The van der Waals surface area contributed by atoms with Crippen molar-refractivity contribution in [1.29, 1.82) is 0 Å². The predicted molar refractivity (Wildman–Crippen MR) is 173 cm³/mol. The zero-order chi connectivity index (χ0) is 32.6. The van der Waals surface area contributed by atoms with E-state index in [1.165, 1.54) is 24.5 Å². The number of hydrogen-bond acceptors (Lipinski definition) is 8. The van der Waals surface area contributed by atoms with Crippen LogP contribution in [0.15, 0.2) is 30.3 Å². The van der Waals surface area contributed by atoms with Gasteiger partial charge < -0.3 is 24.6 Å². The first-order valence-corrected chi connectivity index (χ1v) is 16.6. The van der Waals surface area contributed by atoms with Crippen LogP contribution in [0.1, 0.15) is 74.8 Å². The maximum Gasteiger partial charge on any atom is 0.410 e. The number of ether oxygens (including phenoxy) is 2. The SMILES string of the molecule is COc1cc2c(cc1C(=O)NCCCN1CCC(F)CC1)sc1nc(-c3ccc(C4CCCN4C(=O)OC(C)(C)C)cc3F)nn12. The molecule has 1 N–H and O–H groups in total. The highest BCUT2D eigenvalue weighted by molar-refractivity contribution is 7.23. The van der Waals surface area contributed by atoms with Gasteiger partial charge in [0.1, 0.15) is 23.3 Å². The molecule has 0 spiro atoms. The second-order valence-electron chi connectivity index (χ2n) is 12.9. The number of nitrogens with one attached hydrogen (secondary N) is 1. The van der Waals surface area contributed by atoms with Gasteiger partial charge in [-0.2, -0.15) is 4.98 Å². The molecule has 13 heteroatoms. The molecule has 4 heterocycles. The van der Waals surface area contributed by atoms with E-state index in [1.54, 1.807) is 27.6 Å². The Kier molecular flexibility index (Phi) is 9.15. The average Bonchev–Trinajstić information content (AvgIpc) is 3.74. The summed E-state index contributed by atoms with van der Waals surface area (Å²) in [4.78, 5) is 34.9. The topological polar surface area (TPSA) is 101 Å². The highest BCUT2D eigenvalue weighted by Gasteiger charge is 2.33. The van der Waals surface area contributed by atoms with Crippen LogP contribution < -0.4 is 10.1 Å². The molecule has 10 nitrogen and oxygen atoms in total. The summed E-state index contributed by atoms with van der Waals surface area (Å²) in [6, 6.07) is 8.18. The van der Waals surface area contributed by atoms with Crippen molar-refractivity contribution < 1.29 is 27.8 Å². The third-order valence-corrected chi connectivity index (χ3v) is 9.48. The fraction of sp³-hybridized carbons (Fsp3) is 0.515. The largest absolute Gasteiger partial charge is 0.496 e. The minimum absolute atomic E-state index is 0.240. The Morgan fingerprint density at radius 1 is 1.11 bits per heavy atom. The molecule has 0 saturated carbocycles. The Morgan fingerprint density at radius 3 is 2.61 bits per heavy atom. The fourth-order valence-electron chi connectivity index (χ4n) is 6.17. The van der Waals surface area contributed by atoms with Crippen LogP contribution in [0.25, 0.3) is 26.6 Å². The van der Waals surface area contributed by atoms with Gasteiger partial charge in [0.15, 0.2) is 5.82 Å². The van der Waals surface area contributed by atoms with E-state index in [0.29, 0.717) is 53.3 Å². The van der Waals surface area contributed by atoms with Crippen LogP contribution in [0, 0.1) is 5.82 Å². The lowest BCUT2D eigenvalue weighted by Crippen LogP contribution is -2.36. The molecular formula is C33H40F2N6O4S. The van der Waals surface area contributed by atoms with Crippen molar-refractivity contribution in [2.24, 2.45) is 0 Å². The molecule has 1 atom stereocenters.